The standard InChI is InChI=1S/C25H30N8O4/c1-3-10-27-21-20(15-29-24(33-21)28-13-9-17-7-11-26-12-8-17)23(35)32-19-6-4-5-18(14-19)31-22(34)16(2)30-25(36)37/h4-8,11-12,14-16,30H,3,9-10,13H2,1-2H3,(H,31,34)(H,32,35)(H,36,37)(H2,27,28,29,33). The van der Waals surface area contributed by atoms with Gasteiger partial charge in [0.05, 0.1) is 0 Å². The molecule has 0 fully saturated rings. The molecule has 0 aliphatic heterocycles. The van der Waals surface area contributed by atoms with Crippen LogP contribution in [0.3, 0.4) is 0 Å². The van der Waals surface area contributed by atoms with Gasteiger partial charge in [-0.15, -0.1) is 0 Å². The molecule has 1 aromatic carbocycles. The molecule has 12 nitrogen and oxygen atoms in total. The van der Waals surface area contributed by atoms with Crippen LogP contribution in [0, 0.1) is 0 Å². The number of carboxylic acid groups (broad SMARTS) is 1. The quantitative estimate of drug-likeness (QED) is 0.216. The van der Waals surface area contributed by atoms with E-state index in [0.717, 1.165) is 18.4 Å². The summed E-state index contributed by atoms with van der Waals surface area (Å²) in [6.45, 7) is 4.67. The minimum Gasteiger partial charge on any atom is -0.465 e. The van der Waals surface area contributed by atoms with E-state index in [1.165, 1.54) is 13.1 Å². The molecule has 1 unspecified atom stereocenters. The fourth-order valence-electron chi connectivity index (χ4n) is 3.25. The van der Waals surface area contributed by atoms with Gasteiger partial charge in [-0.25, -0.2) is 9.78 Å². The number of pyridine rings is 1. The molecule has 0 spiro atoms. The third kappa shape index (κ3) is 8.46. The second-order valence-corrected chi connectivity index (χ2v) is 8.11. The molecule has 0 saturated heterocycles. The van der Waals surface area contributed by atoms with Gasteiger partial charge in [0, 0.05) is 43.1 Å². The van der Waals surface area contributed by atoms with Gasteiger partial charge in [0.2, 0.25) is 11.9 Å². The van der Waals surface area contributed by atoms with Gasteiger partial charge < -0.3 is 31.7 Å². The maximum atomic E-state index is 13.1. The molecule has 1 atom stereocenters. The number of amides is 3. The van der Waals surface area contributed by atoms with Gasteiger partial charge in [0.1, 0.15) is 17.4 Å². The number of hydrogen-bond donors (Lipinski definition) is 6. The Labute approximate surface area is 214 Å². The van der Waals surface area contributed by atoms with Gasteiger partial charge in [-0.05, 0) is 55.7 Å². The topological polar surface area (TPSA) is 170 Å². The van der Waals surface area contributed by atoms with Gasteiger partial charge >= 0.3 is 6.09 Å². The van der Waals surface area contributed by atoms with E-state index in [-0.39, 0.29) is 5.56 Å². The van der Waals surface area contributed by atoms with Crippen LogP contribution in [-0.2, 0) is 11.2 Å². The second kappa shape index (κ2) is 13.4. The van der Waals surface area contributed by atoms with Crippen molar-refractivity contribution in [3.8, 4) is 0 Å². The van der Waals surface area contributed by atoms with Crippen LogP contribution >= 0.6 is 0 Å². The molecule has 2 heterocycles. The summed E-state index contributed by atoms with van der Waals surface area (Å²) in [4.78, 5) is 48.8. The second-order valence-electron chi connectivity index (χ2n) is 8.11. The van der Waals surface area contributed by atoms with Crippen molar-refractivity contribution in [1.82, 2.24) is 20.3 Å². The van der Waals surface area contributed by atoms with Crippen LogP contribution in [-0.4, -0.2) is 57.1 Å². The van der Waals surface area contributed by atoms with Crippen molar-refractivity contribution in [2.75, 3.05) is 34.4 Å². The average Bonchev–Trinajstić information content (AvgIpc) is 2.88. The monoisotopic (exact) mass is 506 g/mol. The van der Waals surface area contributed by atoms with Crippen LogP contribution in [0.2, 0.25) is 0 Å². The van der Waals surface area contributed by atoms with Crippen LogP contribution in [0.1, 0.15) is 36.2 Å². The van der Waals surface area contributed by atoms with Crippen LogP contribution in [0.15, 0.2) is 55.0 Å². The van der Waals surface area contributed by atoms with Gasteiger partial charge in [0.15, 0.2) is 0 Å². The Morgan fingerprint density at radius 2 is 1.73 bits per heavy atom. The number of hydrogen-bond acceptors (Lipinski definition) is 8. The summed E-state index contributed by atoms with van der Waals surface area (Å²) in [5.74, 6) is -0.152. The normalized spacial score (nSPS) is 11.2. The van der Waals surface area contributed by atoms with Crippen molar-refractivity contribution < 1.29 is 19.5 Å². The number of carbonyl (C=O) groups is 3. The average molecular weight is 507 g/mol. The molecule has 3 aromatic rings. The lowest BCUT2D eigenvalue weighted by atomic mass is 10.2. The number of benzene rings is 1. The fraction of sp³-hybridized carbons (Fsp3) is 0.280. The molecule has 3 amide bonds. The lowest BCUT2D eigenvalue weighted by Gasteiger charge is -2.14. The van der Waals surface area contributed by atoms with Crippen molar-refractivity contribution in [3.05, 3.63) is 66.1 Å². The maximum absolute atomic E-state index is 13.1. The van der Waals surface area contributed by atoms with Gasteiger partial charge in [-0.1, -0.05) is 13.0 Å². The van der Waals surface area contributed by atoms with E-state index in [1.807, 2.05) is 19.1 Å². The number of nitrogens with zero attached hydrogens (tertiary/aromatic N) is 3. The summed E-state index contributed by atoms with van der Waals surface area (Å²) >= 11 is 0. The highest BCUT2D eigenvalue weighted by atomic mass is 16.4. The van der Waals surface area contributed by atoms with Crippen LogP contribution in [0.5, 0.6) is 0 Å². The molecule has 2 aromatic heterocycles. The number of anilines is 4. The first-order valence-corrected chi connectivity index (χ1v) is 11.8. The Hall–Kier alpha value is -4.74. The van der Waals surface area contributed by atoms with E-state index in [9.17, 15) is 14.4 Å². The molecule has 0 bridgehead atoms. The van der Waals surface area contributed by atoms with Crippen molar-refractivity contribution in [1.29, 1.82) is 0 Å². The highest BCUT2D eigenvalue weighted by Crippen LogP contribution is 2.19. The van der Waals surface area contributed by atoms with E-state index in [2.05, 4.69) is 41.5 Å². The first kappa shape index (κ1) is 26.9. The van der Waals surface area contributed by atoms with Gasteiger partial charge in [-0.3, -0.25) is 14.6 Å². The van der Waals surface area contributed by atoms with E-state index in [0.29, 0.717) is 36.2 Å². The molecule has 0 saturated carbocycles. The van der Waals surface area contributed by atoms with E-state index >= 15 is 0 Å². The summed E-state index contributed by atoms with van der Waals surface area (Å²) in [6.07, 6.45) is 5.25. The molecule has 37 heavy (non-hydrogen) atoms. The number of rotatable bonds is 12. The largest absolute Gasteiger partial charge is 0.465 e. The fourth-order valence-corrected chi connectivity index (χ4v) is 3.25. The molecule has 3 rings (SSSR count). The van der Waals surface area contributed by atoms with Crippen molar-refractivity contribution >= 4 is 41.0 Å². The first-order chi connectivity index (χ1) is 17.9. The predicted octanol–water partition coefficient (Wildman–Crippen LogP) is 3.20. The molecular formula is C25H30N8O4. The lowest BCUT2D eigenvalue weighted by molar-refractivity contribution is -0.117. The zero-order valence-electron chi connectivity index (χ0n) is 20.6. The highest BCUT2D eigenvalue weighted by molar-refractivity contribution is 6.07. The smallest absolute Gasteiger partial charge is 0.405 e. The third-order valence-electron chi connectivity index (χ3n) is 5.14. The van der Waals surface area contributed by atoms with Crippen molar-refractivity contribution in [3.63, 3.8) is 0 Å². The van der Waals surface area contributed by atoms with E-state index in [4.69, 9.17) is 5.11 Å². The lowest BCUT2D eigenvalue weighted by Crippen LogP contribution is -2.40. The Bertz CT molecular complexity index is 1220. The summed E-state index contributed by atoms with van der Waals surface area (Å²) in [7, 11) is 0. The summed E-state index contributed by atoms with van der Waals surface area (Å²) < 4.78 is 0. The van der Waals surface area contributed by atoms with Crippen molar-refractivity contribution in [2.24, 2.45) is 0 Å². The minimum absolute atomic E-state index is 0.266. The predicted molar refractivity (Wildman–Crippen MR) is 141 cm³/mol. The Balaban J connectivity index is 1.67. The number of carbonyl (C=O) groups excluding carboxylic acids is 2. The molecule has 0 aliphatic rings. The van der Waals surface area contributed by atoms with Gasteiger partial charge in [0.25, 0.3) is 5.91 Å². The molecule has 0 radical (unpaired) electrons. The van der Waals surface area contributed by atoms with E-state index in [1.54, 1.807) is 36.7 Å². The number of nitrogens with one attached hydrogen (secondary N) is 5. The van der Waals surface area contributed by atoms with Gasteiger partial charge in [-0.2, -0.15) is 4.98 Å². The molecule has 194 valence electrons. The zero-order valence-corrected chi connectivity index (χ0v) is 20.6. The Kier molecular flexibility index (Phi) is 9.71. The number of aromatic nitrogens is 3. The molecule has 12 heteroatoms. The first-order valence-electron chi connectivity index (χ1n) is 11.8. The molecule has 6 N–H and O–H groups in total. The Morgan fingerprint density at radius 1 is 1.00 bits per heavy atom. The van der Waals surface area contributed by atoms with Crippen LogP contribution in [0.4, 0.5) is 27.9 Å². The highest BCUT2D eigenvalue weighted by Gasteiger charge is 2.17. The molecule has 0 aliphatic carbocycles. The van der Waals surface area contributed by atoms with Crippen LogP contribution in [0.25, 0.3) is 0 Å². The van der Waals surface area contributed by atoms with Crippen LogP contribution < -0.4 is 26.6 Å². The molecular weight excluding hydrogens is 476 g/mol. The van der Waals surface area contributed by atoms with Crippen molar-refractivity contribution in [2.45, 2.75) is 32.7 Å². The zero-order chi connectivity index (χ0) is 26.6. The Morgan fingerprint density at radius 3 is 2.43 bits per heavy atom. The third-order valence-corrected chi connectivity index (χ3v) is 5.14. The minimum atomic E-state index is -1.30. The maximum Gasteiger partial charge on any atom is 0.405 e. The summed E-state index contributed by atoms with van der Waals surface area (Å²) in [5.41, 5.74) is 2.23. The van der Waals surface area contributed by atoms with E-state index < -0.39 is 23.9 Å². The SMILES string of the molecule is CCCNc1nc(NCCc2ccncc2)ncc1C(=O)Nc1cccc(NC(=O)C(C)NC(=O)O)c1. The summed E-state index contributed by atoms with van der Waals surface area (Å²) in [5, 5.41) is 22.6. The summed E-state index contributed by atoms with van der Waals surface area (Å²) in [6, 6.07) is 9.46.